The maximum Gasteiger partial charge on any atom is 0.0646 e. The standard InChI is InChI=1S/C12H17NO2/c1-9-6-10(8-15-9)12(14)7-11-4-2-3-5-13-11/h2-5,9-10,12,14H,6-8H2,1H3. The van der Waals surface area contributed by atoms with Crippen molar-refractivity contribution >= 4 is 0 Å². The van der Waals surface area contributed by atoms with E-state index in [1.54, 1.807) is 6.20 Å². The van der Waals surface area contributed by atoms with Gasteiger partial charge in [-0.3, -0.25) is 4.98 Å². The van der Waals surface area contributed by atoms with Gasteiger partial charge >= 0.3 is 0 Å². The highest BCUT2D eigenvalue weighted by Gasteiger charge is 2.28. The summed E-state index contributed by atoms with van der Waals surface area (Å²) in [6.07, 6.45) is 3.30. The lowest BCUT2D eigenvalue weighted by Gasteiger charge is -2.15. The van der Waals surface area contributed by atoms with Gasteiger partial charge in [-0.15, -0.1) is 0 Å². The molecule has 0 saturated carbocycles. The summed E-state index contributed by atoms with van der Waals surface area (Å²) in [4.78, 5) is 4.21. The minimum atomic E-state index is -0.329. The van der Waals surface area contributed by atoms with E-state index < -0.39 is 0 Å². The van der Waals surface area contributed by atoms with Gasteiger partial charge in [0.25, 0.3) is 0 Å². The Kier molecular flexibility index (Phi) is 3.34. The van der Waals surface area contributed by atoms with E-state index in [0.717, 1.165) is 12.1 Å². The van der Waals surface area contributed by atoms with Crippen LogP contribution in [0.1, 0.15) is 19.0 Å². The number of aliphatic hydroxyl groups is 1. The van der Waals surface area contributed by atoms with Crippen LogP contribution >= 0.6 is 0 Å². The van der Waals surface area contributed by atoms with E-state index in [0.29, 0.717) is 13.0 Å². The Morgan fingerprint density at radius 3 is 3.07 bits per heavy atom. The van der Waals surface area contributed by atoms with Crippen molar-refractivity contribution in [1.82, 2.24) is 4.98 Å². The molecule has 3 nitrogen and oxygen atoms in total. The van der Waals surface area contributed by atoms with Crippen LogP contribution in [0.2, 0.25) is 0 Å². The summed E-state index contributed by atoms with van der Waals surface area (Å²) in [5, 5.41) is 10.0. The number of hydrogen-bond acceptors (Lipinski definition) is 3. The largest absolute Gasteiger partial charge is 0.392 e. The van der Waals surface area contributed by atoms with E-state index >= 15 is 0 Å². The van der Waals surface area contributed by atoms with Gasteiger partial charge in [-0.2, -0.15) is 0 Å². The molecular weight excluding hydrogens is 190 g/mol. The smallest absolute Gasteiger partial charge is 0.0646 e. The quantitative estimate of drug-likeness (QED) is 0.815. The molecule has 0 spiro atoms. The van der Waals surface area contributed by atoms with Crippen LogP contribution in [0, 0.1) is 5.92 Å². The van der Waals surface area contributed by atoms with Crippen LogP contribution < -0.4 is 0 Å². The molecule has 0 aromatic carbocycles. The van der Waals surface area contributed by atoms with E-state index in [1.807, 2.05) is 25.1 Å². The molecule has 15 heavy (non-hydrogen) atoms. The molecule has 0 aliphatic carbocycles. The number of pyridine rings is 1. The predicted molar refractivity (Wildman–Crippen MR) is 57.5 cm³/mol. The van der Waals surface area contributed by atoms with Crippen LogP contribution in [0.25, 0.3) is 0 Å². The van der Waals surface area contributed by atoms with Gasteiger partial charge < -0.3 is 9.84 Å². The molecule has 0 bridgehead atoms. The van der Waals surface area contributed by atoms with Crippen molar-refractivity contribution in [2.24, 2.45) is 5.92 Å². The number of aliphatic hydroxyl groups excluding tert-OH is 1. The van der Waals surface area contributed by atoms with Crippen LogP contribution in [-0.4, -0.2) is 28.9 Å². The predicted octanol–water partition coefficient (Wildman–Crippen LogP) is 1.41. The van der Waals surface area contributed by atoms with Crippen LogP contribution in [0.4, 0.5) is 0 Å². The summed E-state index contributed by atoms with van der Waals surface area (Å²) in [6.45, 7) is 2.72. The molecule has 3 heteroatoms. The topological polar surface area (TPSA) is 42.4 Å². The Bertz CT molecular complexity index is 302. The average Bonchev–Trinajstić information content (AvgIpc) is 2.66. The maximum absolute atomic E-state index is 10.0. The minimum absolute atomic E-state index is 0.266. The summed E-state index contributed by atoms with van der Waals surface area (Å²) in [6, 6.07) is 5.78. The minimum Gasteiger partial charge on any atom is -0.392 e. The molecule has 1 N–H and O–H groups in total. The van der Waals surface area contributed by atoms with Gasteiger partial charge in [-0.05, 0) is 25.5 Å². The van der Waals surface area contributed by atoms with Crippen LogP contribution in [0.5, 0.6) is 0 Å². The summed E-state index contributed by atoms with van der Waals surface area (Å²) in [7, 11) is 0. The van der Waals surface area contributed by atoms with Gasteiger partial charge in [0.05, 0.1) is 18.8 Å². The summed E-state index contributed by atoms with van der Waals surface area (Å²) >= 11 is 0. The maximum atomic E-state index is 10.0. The first-order valence-corrected chi connectivity index (χ1v) is 5.45. The lowest BCUT2D eigenvalue weighted by molar-refractivity contribution is 0.0802. The molecule has 1 aromatic heterocycles. The summed E-state index contributed by atoms with van der Waals surface area (Å²) in [5.41, 5.74) is 0.949. The normalized spacial score (nSPS) is 27.9. The molecule has 1 fully saturated rings. The van der Waals surface area contributed by atoms with Crippen LogP contribution in [-0.2, 0) is 11.2 Å². The van der Waals surface area contributed by atoms with E-state index in [-0.39, 0.29) is 18.1 Å². The third kappa shape index (κ3) is 2.76. The van der Waals surface area contributed by atoms with Crippen molar-refractivity contribution in [3.8, 4) is 0 Å². The highest BCUT2D eigenvalue weighted by atomic mass is 16.5. The second-order valence-electron chi connectivity index (χ2n) is 4.23. The third-order valence-electron chi connectivity index (χ3n) is 2.92. The zero-order chi connectivity index (χ0) is 10.7. The van der Waals surface area contributed by atoms with Gasteiger partial charge in [0.1, 0.15) is 0 Å². The number of rotatable bonds is 3. The molecule has 1 aromatic rings. The monoisotopic (exact) mass is 207 g/mol. The first-order chi connectivity index (χ1) is 7.25. The lowest BCUT2D eigenvalue weighted by Crippen LogP contribution is -2.23. The van der Waals surface area contributed by atoms with Crippen molar-refractivity contribution in [1.29, 1.82) is 0 Å². The number of ether oxygens (including phenoxy) is 1. The summed E-state index contributed by atoms with van der Waals surface area (Å²) in [5.74, 6) is 0.266. The van der Waals surface area contributed by atoms with Gasteiger partial charge in [0.15, 0.2) is 0 Å². The van der Waals surface area contributed by atoms with E-state index in [4.69, 9.17) is 4.74 Å². The molecule has 1 aliphatic heterocycles. The summed E-state index contributed by atoms with van der Waals surface area (Å²) < 4.78 is 5.44. The number of nitrogens with zero attached hydrogens (tertiary/aromatic N) is 1. The van der Waals surface area contributed by atoms with E-state index in [1.165, 1.54) is 0 Å². The molecule has 82 valence electrons. The van der Waals surface area contributed by atoms with Gasteiger partial charge in [-0.1, -0.05) is 6.07 Å². The fraction of sp³-hybridized carbons (Fsp3) is 0.583. The van der Waals surface area contributed by atoms with Crippen LogP contribution in [0.3, 0.4) is 0 Å². The Hall–Kier alpha value is -0.930. The Balaban J connectivity index is 1.90. The second-order valence-corrected chi connectivity index (χ2v) is 4.23. The molecule has 1 aliphatic rings. The fourth-order valence-electron chi connectivity index (χ4n) is 2.02. The highest BCUT2D eigenvalue weighted by Crippen LogP contribution is 2.23. The number of hydrogen-bond donors (Lipinski definition) is 1. The Morgan fingerprint density at radius 2 is 2.47 bits per heavy atom. The SMILES string of the molecule is CC1CC(C(O)Cc2ccccn2)CO1. The molecule has 1 saturated heterocycles. The molecule has 0 amide bonds. The Morgan fingerprint density at radius 1 is 1.60 bits per heavy atom. The molecular formula is C12H17NO2. The average molecular weight is 207 g/mol. The third-order valence-corrected chi connectivity index (χ3v) is 2.92. The zero-order valence-electron chi connectivity index (χ0n) is 8.97. The molecule has 2 heterocycles. The number of aromatic nitrogens is 1. The van der Waals surface area contributed by atoms with Crippen molar-refractivity contribution < 1.29 is 9.84 Å². The lowest BCUT2D eigenvalue weighted by atomic mass is 9.96. The zero-order valence-corrected chi connectivity index (χ0v) is 8.97. The van der Waals surface area contributed by atoms with Crippen molar-refractivity contribution in [2.75, 3.05) is 6.61 Å². The van der Waals surface area contributed by atoms with Crippen molar-refractivity contribution in [3.05, 3.63) is 30.1 Å². The fourth-order valence-corrected chi connectivity index (χ4v) is 2.02. The van der Waals surface area contributed by atoms with Crippen LogP contribution in [0.15, 0.2) is 24.4 Å². The van der Waals surface area contributed by atoms with Crippen molar-refractivity contribution in [3.63, 3.8) is 0 Å². The second kappa shape index (κ2) is 4.73. The molecule has 2 rings (SSSR count). The first kappa shape index (κ1) is 10.6. The van der Waals surface area contributed by atoms with E-state index in [2.05, 4.69) is 4.98 Å². The van der Waals surface area contributed by atoms with E-state index in [9.17, 15) is 5.11 Å². The molecule has 3 atom stereocenters. The molecule has 3 unspecified atom stereocenters. The molecule has 0 radical (unpaired) electrons. The van der Waals surface area contributed by atoms with Gasteiger partial charge in [0, 0.05) is 24.2 Å². The highest BCUT2D eigenvalue weighted by molar-refractivity contribution is 5.05. The Labute approximate surface area is 90.1 Å². The first-order valence-electron chi connectivity index (χ1n) is 5.45. The van der Waals surface area contributed by atoms with Crippen molar-refractivity contribution in [2.45, 2.75) is 32.0 Å². The van der Waals surface area contributed by atoms with Gasteiger partial charge in [0.2, 0.25) is 0 Å². The van der Waals surface area contributed by atoms with Gasteiger partial charge in [-0.25, -0.2) is 0 Å².